The molecule has 0 N–H and O–H groups in total. The van der Waals surface area contributed by atoms with Crippen molar-refractivity contribution in [3.05, 3.63) is 193 Å². The summed E-state index contributed by atoms with van der Waals surface area (Å²) in [5.41, 5.74) is 14.3. The third-order valence-corrected chi connectivity index (χ3v) is 11.2. The summed E-state index contributed by atoms with van der Waals surface area (Å²) in [7, 11) is 0. The average molecular weight is 1000 g/mol. The molecule has 6 nitrogen and oxygen atoms in total. The number of hydrogen-bond donors (Lipinski definition) is 0. The molecule has 0 spiro atoms. The molecule has 0 bridgehead atoms. The molecular weight excluding hydrogens is 953 g/mol. The quantitative estimate of drug-likeness (QED) is 0.149. The molecule has 4 heterocycles. The van der Waals surface area contributed by atoms with E-state index in [-0.39, 0.29) is 37.5 Å². The normalized spacial score (nSPS) is 12.3. The molecule has 1 radical (unpaired) electrons. The van der Waals surface area contributed by atoms with Crippen molar-refractivity contribution in [1.29, 1.82) is 0 Å². The Bertz CT molecular complexity index is 3440. The smallest absolute Gasteiger partial charge is 0.216 e. The maximum atomic E-state index is 7.23. The number of benzene rings is 7. The van der Waals surface area contributed by atoms with Crippen LogP contribution in [0.1, 0.15) is 60.3 Å². The van der Waals surface area contributed by atoms with Crippen LogP contribution in [-0.4, -0.2) is 19.5 Å². The number of para-hydroxylation sites is 3. The summed E-state index contributed by atoms with van der Waals surface area (Å²) in [5, 5.41) is 1.84. The van der Waals surface area contributed by atoms with Crippen LogP contribution in [0.3, 0.4) is 0 Å². The van der Waals surface area contributed by atoms with Gasteiger partial charge in [-0.15, -0.1) is 42.0 Å². The number of imidazole rings is 1. The van der Waals surface area contributed by atoms with Crippen LogP contribution in [0.5, 0.6) is 0 Å². The molecule has 311 valence electrons. The van der Waals surface area contributed by atoms with Crippen LogP contribution in [0.15, 0.2) is 173 Å². The van der Waals surface area contributed by atoms with Gasteiger partial charge in [-0.1, -0.05) is 124 Å². The molecule has 7 heteroatoms. The predicted octanol–water partition coefficient (Wildman–Crippen LogP) is 15.0. The van der Waals surface area contributed by atoms with E-state index in [2.05, 4.69) is 116 Å². The topological polar surface area (TPSA) is 69.9 Å². The van der Waals surface area contributed by atoms with Crippen molar-refractivity contribution in [3.63, 3.8) is 0 Å². The first-order chi connectivity index (χ1) is 31.5. The first kappa shape index (κ1) is 37.8. The van der Waals surface area contributed by atoms with Gasteiger partial charge in [0.2, 0.25) is 5.89 Å². The zero-order valence-electron chi connectivity index (χ0n) is 38.2. The molecule has 0 aliphatic rings. The number of furan rings is 1. The number of rotatable bonds is 7. The summed E-state index contributed by atoms with van der Waals surface area (Å²) >= 11 is 0. The Morgan fingerprint density at radius 1 is 0.651 bits per heavy atom. The number of hydrogen-bond acceptors (Lipinski definition) is 5. The fourth-order valence-corrected chi connectivity index (χ4v) is 8.20. The van der Waals surface area contributed by atoms with Crippen molar-refractivity contribution >= 4 is 44.1 Å². The molecule has 0 saturated carbocycles. The number of nitrogens with zero attached hydrogens (tertiary/aromatic N) is 4. The third kappa shape index (κ3) is 7.80. The van der Waals surface area contributed by atoms with E-state index >= 15 is 0 Å². The molecule has 0 atom stereocenters. The van der Waals surface area contributed by atoms with E-state index in [1.54, 1.807) is 18.2 Å². The van der Waals surface area contributed by atoms with Gasteiger partial charge in [0, 0.05) is 52.6 Å². The molecule has 0 aliphatic heterocycles. The van der Waals surface area contributed by atoms with Crippen molar-refractivity contribution in [1.82, 2.24) is 19.5 Å². The summed E-state index contributed by atoms with van der Waals surface area (Å²) in [6.45, 7) is 6.99. The Balaban J connectivity index is 0.000000273. The Labute approximate surface area is 384 Å². The SMILES string of the molecule is CC(C)c1cc(-c2ccccc2)cc(C(C)C)c1-n1c(-c2[c-]c3nc(-c4ccccc4)oc3c3c2oc2ccccc23)nc2ccccc21.[2H]C([2H])([2H])c1ccc(-c2[c-]cccc2)nc1.[Ir]. The molecule has 4 aromatic heterocycles. The van der Waals surface area contributed by atoms with Gasteiger partial charge < -0.3 is 18.4 Å². The van der Waals surface area contributed by atoms with Crippen LogP contribution < -0.4 is 0 Å². The summed E-state index contributed by atoms with van der Waals surface area (Å²) < 4.78 is 37.3. The minimum absolute atomic E-state index is 0. The van der Waals surface area contributed by atoms with E-state index in [0.29, 0.717) is 22.6 Å². The van der Waals surface area contributed by atoms with Gasteiger partial charge in [-0.25, -0.2) is 4.98 Å². The van der Waals surface area contributed by atoms with E-state index in [1.807, 2.05) is 72.8 Å². The third-order valence-electron chi connectivity index (χ3n) is 11.2. The maximum absolute atomic E-state index is 7.23. The Morgan fingerprint density at radius 2 is 1.33 bits per heavy atom. The summed E-state index contributed by atoms with van der Waals surface area (Å²) in [4.78, 5) is 14.5. The van der Waals surface area contributed by atoms with Crippen molar-refractivity contribution < 1.29 is 33.1 Å². The van der Waals surface area contributed by atoms with Crippen LogP contribution in [-0.2, 0) is 20.1 Å². The van der Waals surface area contributed by atoms with Crippen molar-refractivity contribution in [3.8, 4) is 50.9 Å². The van der Waals surface area contributed by atoms with Crippen LogP contribution >= 0.6 is 0 Å². The predicted molar refractivity (Wildman–Crippen MR) is 252 cm³/mol. The van der Waals surface area contributed by atoms with Crippen LogP contribution in [0.2, 0.25) is 0 Å². The fraction of sp³-hybridized carbons (Fsp3) is 0.125. The van der Waals surface area contributed by atoms with Crippen molar-refractivity contribution in [2.24, 2.45) is 0 Å². The summed E-state index contributed by atoms with van der Waals surface area (Å²) in [6, 6.07) is 59.3. The molecule has 11 rings (SSSR count). The van der Waals surface area contributed by atoms with E-state index < -0.39 is 6.85 Å². The van der Waals surface area contributed by atoms with Gasteiger partial charge in [0.1, 0.15) is 5.58 Å². The standard InChI is InChI=1S/C44H34N3O2.C12H10N.Ir/c1-26(2)32-23-30(28-15-7-5-8-16-28)24-33(27(3)4)40(32)47-37-21-13-12-20-35(37)45-43(47)34-25-36-42(49-44(46-36)29-17-9-6-10-18-29)39-31-19-11-14-22-38(31)48-41(34)39;1-10-7-8-12(13-9-10)11-5-3-2-4-6-11;/h5-24,26-27H,1-4H3;2-5,7-9H,1H3;/q2*-1;/i;1D3;. The van der Waals surface area contributed by atoms with Gasteiger partial charge in [-0.2, -0.15) is 0 Å². The van der Waals surface area contributed by atoms with Crippen LogP contribution in [0, 0.1) is 19.0 Å². The second-order valence-electron chi connectivity index (χ2n) is 16.0. The van der Waals surface area contributed by atoms with Crippen LogP contribution in [0.4, 0.5) is 0 Å². The molecule has 11 aromatic rings. The molecule has 0 aliphatic carbocycles. The summed E-state index contributed by atoms with van der Waals surface area (Å²) in [6.07, 6.45) is 1.39. The number of oxazole rings is 1. The number of aromatic nitrogens is 4. The zero-order valence-corrected chi connectivity index (χ0v) is 37.6. The number of aryl methyl sites for hydroxylation is 1. The van der Waals surface area contributed by atoms with Gasteiger partial charge in [0.25, 0.3) is 0 Å². The molecule has 0 fully saturated rings. The van der Waals surface area contributed by atoms with E-state index in [9.17, 15) is 0 Å². The first-order valence-electron chi connectivity index (χ1n) is 22.4. The molecule has 63 heavy (non-hydrogen) atoms. The van der Waals surface area contributed by atoms with Crippen molar-refractivity contribution in [2.45, 2.75) is 46.4 Å². The molecule has 0 saturated heterocycles. The van der Waals surface area contributed by atoms with E-state index in [4.69, 9.17) is 22.9 Å². The Morgan fingerprint density at radius 3 is 2.02 bits per heavy atom. The molecule has 0 unspecified atom stereocenters. The molecule has 7 aromatic carbocycles. The minimum Gasteiger partial charge on any atom is -0.500 e. The minimum atomic E-state index is -2.09. The fourth-order valence-electron chi connectivity index (χ4n) is 8.20. The second kappa shape index (κ2) is 17.4. The second-order valence-corrected chi connectivity index (χ2v) is 16.0. The van der Waals surface area contributed by atoms with E-state index in [0.717, 1.165) is 61.3 Å². The van der Waals surface area contributed by atoms with E-state index in [1.165, 1.54) is 28.5 Å². The van der Waals surface area contributed by atoms with Gasteiger partial charge in [-0.05, 0) is 100 Å². The largest absolute Gasteiger partial charge is 0.500 e. The van der Waals surface area contributed by atoms with Gasteiger partial charge in [0.15, 0.2) is 0 Å². The average Bonchev–Trinajstić information content (AvgIpc) is 4.05. The zero-order chi connectivity index (χ0) is 44.8. The first-order valence-corrected chi connectivity index (χ1v) is 20.9. The summed E-state index contributed by atoms with van der Waals surface area (Å²) in [5.74, 6) is 1.79. The van der Waals surface area contributed by atoms with Gasteiger partial charge >= 0.3 is 0 Å². The van der Waals surface area contributed by atoms with Crippen molar-refractivity contribution in [2.75, 3.05) is 0 Å². The van der Waals surface area contributed by atoms with Gasteiger partial charge in [-0.3, -0.25) is 4.98 Å². The Hall–Kier alpha value is -6.92. The molecular formula is C56H44IrN4O2-2. The van der Waals surface area contributed by atoms with Crippen LogP contribution in [0.25, 0.3) is 95.0 Å². The number of pyridine rings is 1. The van der Waals surface area contributed by atoms with Gasteiger partial charge in [0.05, 0.1) is 28.0 Å². The monoisotopic (exact) mass is 1000 g/mol. The number of fused-ring (bicyclic) bond motifs is 6. The maximum Gasteiger partial charge on any atom is 0.216 e. The molecule has 0 amide bonds. The Kier molecular flexibility index (Phi) is 10.5.